The molecule has 0 bridgehead atoms. The quantitative estimate of drug-likeness (QED) is 0.773. The molecule has 17 heavy (non-hydrogen) atoms. The number of carbonyl (C=O) groups excluding carboxylic acids is 1. The Hall–Kier alpha value is -1.62. The number of hydrogen-bond donors (Lipinski definition) is 1. The summed E-state index contributed by atoms with van der Waals surface area (Å²) in [5, 5.41) is 9.61. The average molecular weight is 235 g/mol. The molecule has 5 nitrogen and oxygen atoms in total. The number of aromatic hydroxyl groups is 1. The van der Waals surface area contributed by atoms with Crippen LogP contribution < -0.4 is 0 Å². The van der Waals surface area contributed by atoms with Gasteiger partial charge in [0.15, 0.2) is 5.69 Å². The van der Waals surface area contributed by atoms with E-state index >= 15 is 0 Å². The third kappa shape index (κ3) is 2.39. The number of nitrogens with zero attached hydrogens (tertiary/aromatic N) is 3. The molecule has 2 rings (SSSR count). The minimum absolute atomic E-state index is 0.0518. The van der Waals surface area contributed by atoms with Crippen LogP contribution >= 0.6 is 0 Å². The van der Waals surface area contributed by atoms with Gasteiger partial charge in [0.2, 0.25) is 0 Å². The van der Waals surface area contributed by atoms with E-state index in [2.05, 4.69) is 16.8 Å². The Labute approximate surface area is 101 Å². The lowest BCUT2D eigenvalue weighted by molar-refractivity contribution is 0.0564. The zero-order valence-corrected chi connectivity index (χ0v) is 10.1. The second-order valence-corrected chi connectivity index (χ2v) is 4.45. The monoisotopic (exact) mass is 235 g/mol. The maximum Gasteiger partial charge on any atom is 0.276 e. The van der Waals surface area contributed by atoms with Gasteiger partial charge in [-0.05, 0) is 26.1 Å². The fraction of sp³-hybridized carbons (Fsp3) is 0.500. The fourth-order valence-corrected chi connectivity index (χ4v) is 1.94. The number of rotatable bonds is 1. The van der Waals surface area contributed by atoms with Gasteiger partial charge in [0.1, 0.15) is 5.75 Å². The Bertz CT molecular complexity index is 422. The molecule has 1 unspecified atom stereocenters. The molecule has 0 aromatic carbocycles. The van der Waals surface area contributed by atoms with Gasteiger partial charge in [0.25, 0.3) is 5.91 Å². The molecule has 0 saturated carbocycles. The van der Waals surface area contributed by atoms with Crippen LogP contribution in [0.15, 0.2) is 18.3 Å². The van der Waals surface area contributed by atoms with Crippen molar-refractivity contribution in [1.82, 2.24) is 14.8 Å². The number of hydrogen-bond acceptors (Lipinski definition) is 4. The predicted octanol–water partition coefficient (Wildman–Crippen LogP) is 0.563. The summed E-state index contributed by atoms with van der Waals surface area (Å²) in [4.78, 5) is 20.1. The van der Waals surface area contributed by atoms with Crippen LogP contribution in [0.2, 0.25) is 0 Å². The van der Waals surface area contributed by atoms with Crippen LogP contribution in [0.4, 0.5) is 0 Å². The van der Waals surface area contributed by atoms with Crippen LogP contribution in [0.3, 0.4) is 0 Å². The van der Waals surface area contributed by atoms with Crippen LogP contribution in [-0.4, -0.2) is 58.5 Å². The molecular weight excluding hydrogens is 218 g/mol. The van der Waals surface area contributed by atoms with Gasteiger partial charge in [-0.3, -0.25) is 4.79 Å². The Morgan fingerprint density at radius 1 is 1.53 bits per heavy atom. The lowest BCUT2D eigenvalue weighted by atomic mass is 10.2. The Kier molecular flexibility index (Phi) is 3.28. The first-order valence-corrected chi connectivity index (χ1v) is 5.73. The minimum Gasteiger partial charge on any atom is -0.505 e. The summed E-state index contributed by atoms with van der Waals surface area (Å²) in [5.74, 6) is -0.243. The molecule has 0 radical (unpaired) electrons. The van der Waals surface area contributed by atoms with Gasteiger partial charge in [0.05, 0.1) is 0 Å². The van der Waals surface area contributed by atoms with E-state index < -0.39 is 0 Å². The summed E-state index contributed by atoms with van der Waals surface area (Å²) in [6.45, 7) is 4.28. The first-order valence-electron chi connectivity index (χ1n) is 5.73. The van der Waals surface area contributed by atoms with Gasteiger partial charge >= 0.3 is 0 Å². The summed E-state index contributed by atoms with van der Waals surface area (Å²) in [7, 11) is 2.05. The first-order chi connectivity index (χ1) is 8.09. The highest BCUT2D eigenvalue weighted by Crippen LogP contribution is 2.17. The smallest absolute Gasteiger partial charge is 0.276 e. The summed E-state index contributed by atoms with van der Waals surface area (Å²) in [6, 6.07) is 3.43. The maximum absolute atomic E-state index is 12.2. The highest BCUT2D eigenvalue weighted by Gasteiger charge is 2.26. The minimum atomic E-state index is -0.192. The van der Waals surface area contributed by atoms with Crippen molar-refractivity contribution in [1.29, 1.82) is 0 Å². The van der Waals surface area contributed by atoms with Gasteiger partial charge in [-0.15, -0.1) is 0 Å². The lowest BCUT2D eigenvalue weighted by Crippen LogP contribution is -2.52. The Morgan fingerprint density at radius 3 is 2.94 bits per heavy atom. The van der Waals surface area contributed by atoms with Gasteiger partial charge in [0, 0.05) is 31.9 Å². The van der Waals surface area contributed by atoms with Crippen molar-refractivity contribution >= 4 is 5.91 Å². The summed E-state index contributed by atoms with van der Waals surface area (Å²) >= 11 is 0. The van der Waals surface area contributed by atoms with Crippen LogP contribution in [0.25, 0.3) is 0 Å². The second-order valence-electron chi connectivity index (χ2n) is 4.45. The van der Waals surface area contributed by atoms with Crippen molar-refractivity contribution in [2.24, 2.45) is 0 Å². The molecule has 1 amide bonds. The van der Waals surface area contributed by atoms with Crippen molar-refractivity contribution in [3.63, 3.8) is 0 Å². The fourth-order valence-electron chi connectivity index (χ4n) is 1.94. The Balaban J connectivity index is 2.14. The van der Waals surface area contributed by atoms with Crippen LogP contribution in [0.5, 0.6) is 5.75 Å². The maximum atomic E-state index is 12.2. The molecule has 2 heterocycles. The van der Waals surface area contributed by atoms with Crippen LogP contribution in [0, 0.1) is 0 Å². The number of amides is 1. The molecule has 1 N–H and O–H groups in total. The van der Waals surface area contributed by atoms with Crippen molar-refractivity contribution in [3.8, 4) is 5.75 Å². The topological polar surface area (TPSA) is 56.7 Å². The molecule has 92 valence electrons. The predicted molar refractivity (Wildman–Crippen MR) is 63.9 cm³/mol. The lowest BCUT2D eigenvalue weighted by Gasteiger charge is -2.37. The number of aromatic nitrogens is 1. The van der Waals surface area contributed by atoms with E-state index in [1.165, 1.54) is 12.3 Å². The van der Waals surface area contributed by atoms with Gasteiger partial charge in [-0.1, -0.05) is 0 Å². The van der Waals surface area contributed by atoms with Crippen molar-refractivity contribution in [3.05, 3.63) is 24.0 Å². The molecule has 1 saturated heterocycles. The molecule has 0 aliphatic carbocycles. The molecule has 1 aliphatic rings. The largest absolute Gasteiger partial charge is 0.505 e. The van der Waals surface area contributed by atoms with Crippen molar-refractivity contribution < 1.29 is 9.90 Å². The molecule has 1 atom stereocenters. The standard InChI is InChI=1S/C12H17N3O2/c1-9-8-15(7-6-14(9)2)12(17)11-10(16)4-3-5-13-11/h3-5,9,16H,6-8H2,1-2H3. The first kappa shape index (κ1) is 11.9. The number of piperazine rings is 1. The average Bonchev–Trinajstić information content (AvgIpc) is 2.32. The van der Waals surface area contributed by atoms with E-state index in [-0.39, 0.29) is 17.4 Å². The number of pyridine rings is 1. The highest BCUT2D eigenvalue weighted by atomic mass is 16.3. The zero-order chi connectivity index (χ0) is 12.4. The van der Waals surface area contributed by atoms with E-state index in [4.69, 9.17) is 0 Å². The van der Waals surface area contributed by atoms with E-state index in [1.54, 1.807) is 11.0 Å². The molecule has 0 spiro atoms. The molecule has 1 aromatic heterocycles. The van der Waals surface area contributed by atoms with Crippen LogP contribution in [-0.2, 0) is 0 Å². The molecular formula is C12H17N3O2. The third-order valence-electron chi connectivity index (χ3n) is 3.24. The third-order valence-corrected chi connectivity index (χ3v) is 3.24. The van der Waals surface area contributed by atoms with Gasteiger partial charge < -0.3 is 14.9 Å². The van der Waals surface area contributed by atoms with E-state index in [0.717, 1.165) is 6.54 Å². The molecule has 1 aromatic rings. The van der Waals surface area contributed by atoms with Crippen molar-refractivity contribution in [2.75, 3.05) is 26.7 Å². The zero-order valence-electron chi connectivity index (χ0n) is 10.1. The second kappa shape index (κ2) is 4.71. The normalized spacial score (nSPS) is 21.5. The summed E-state index contributed by atoms with van der Waals surface area (Å²) < 4.78 is 0. The summed E-state index contributed by atoms with van der Waals surface area (Å²) in [5.41, 5.74) is 0.143. The van der Waals surface area contributed by atoms with E-state index in [0.29, 0.717) is 19.1 Å². The van der Waals surface area contributed by atoms with Crippen molar-refractivity contribution in [2.45, 2.75) is 13.0 Å². The molecule has 1 aliphatic heterocycles. The van der Waals surface area contributed by atoms with Gasteiger partial charge in [-0.25, -0.2) is 4.98 Å². The Morgan fingerprint density at radius 2 is 2.29 bits per heavy atom. The van der Waals surface area contributed by atoms with Gasteiger partial charge in [-0.2, -0.15) is 0 Å². The molecule has 1 fully saturated rings. The van der Waals surface area contributed by atoms with Crippen LogP contribution in [0.1, 0.15) is 17.4 Å². The number of carbonyl (C=O) groups is 1. The SMILES string of the molecule is CC1CN(C(=O)c2ncccc2O)CCN1C. The van der Waals surface area contributed by atoms with E-state index in [1.807, 2.05) is 7.05 Å². The number of likely N-dealkylation sites (N-methyl/N-ethyl adjacent to an activating group) is 1. The van der Waals surface area contributed by atoms with E-state index in [9.17, 15) is 9.90 Å². The summed E-state index contributed by atoms with van der Waals surface area (Å²) in [6.07, 6.45) is 1.52. The highest BCUT2D eigenvalue weighted by molar-refractivity contribution is 5.94. The molecule has 5 heteroatoms.